The lowest BCUT2D eigenvalue weighted by Gasteiger charge is -2.26. The molecule has 6 nitrogen and oxygen atoms in total. The molecule has 0 saturated heterocycles. The maximum Gasteiger partial charge on any atom is 0.186 e. The quantitative estimate of drug-likeness (QED) is 0.841. The summed E-state index contributed by atoms with van der Waals surface area (Å²) in [7, 11) is 0. The number of thiazole rings is 1. The van der Waals surface area contributed by atoms with Crippen LogP contribution in [-0.2, 0) is 19.6 Å². The lowest BCUT2D eigenvalue weighted by Crippen LogP contribution is -2.33. The van der Waals surface area contributed by atoms with Gasteiger partial charge in [0.2, 0.25) is 0 Å². The van der Waals surface area contributed by atoms with Gasteiger partial charge in [0.15, 0.2) is 11.0 Å². The van der Waals surface area contributed by atoms with E-state index in [2.05, 4.69) is 24.6 Å². The third-order valence-electron chi connectivity index (χ3n) is 2.98. The third-order valence-corrected chi connectivity index (χ3v) is 4.22. The molecule has 0 bridgehead atoms. The molecule has 2 aromatic heterocycles. The second kappa shape index (κ2) is 4.08. The van der Waals surface area contributed by atoms with Crippen molar-refractivity contribution in [3.8, 4) is 0 Å². The Bertz CT molecular complexity index is 531. The summed E-state index contributed by atoms with van der Waals surface area (Å²) >= 11 is 1.68. The second-order valence-corrected chi connectivity index (χ2v) is 5.13. The van der Waals surface area contributed by atoms with Crippen molar-refractivity contribution in [1.29, 1.82) is 0 Å². The summed E-state index contributed by atoms with van der Waals surface area (Å²) in [6.07, 6.45) is 1.78. The van der Waals surface area contributed by atoms with Crippen molar-refractivity contribution in [3.63, 3.8) is 0 Å². The van der Waals surface area contributed by atoms with Crippen LogP contribution in [0, 0.1) is 6.92 Å². The third kappa shape index (κ3) is 1.81. The van der Waals surface area contributed by atoms with Crippen LogP contribution in [0.4, 0.5) is 5.13 Å². The average Bonchev–Trinajstić information content (AvgIpc) is 2.93. The van der Waals surface area contributed by atoms with Crippen molar-refractivity contribution in [3.05, 3.63) is 22.7 Å². The number of nitrogens with two attached hydrogens (primary N) is 1. The topological polar surface area (TPSA) is 72.9 Å². The van der Waals surface area contributed by atoms with Gasteiger partial charge in [0.1, 0.15) is 6.33 Å². The second-order valence-electron chi connectivity index (χ2n) is 4.07. The minimum Gasteiger partial charge on any atom is -0.339 e. The largest absolute Gasteiger partial charge is 0.339 e. The highest BCUT2D eigenvalue weighted by Gasteiger charge is 2.20. The van der Waals surface area contributed by atoms with E-state index in [9.17, 15) is 0 Å². The van der Waals surface area contributed by atoms with Gasteiger partial charge in [-0.3, -0.25) is 0 Å². The Morgan fingerprint density at radius 3 is 3.12 bits per heavy atom. The van der Waals surface area contributed by atoms with Gasteiger partial charge in [0.05, 0.1) is 12.2 Å². The molecule has 0 amide bonds. The van der Waals surface area contributed by atoms with Crippen LogP contribution < -0.4 is 10.6 Å². The van der Waals surface area contributed by atoms with Gasteiger partial charge in [-0.2, -0.15) is 0 Å². The molecule has 0 aliphatic carbocycles. The van der Waals surface area contributed by atoms with Gasteiger partial charge >= 0.3 is 0 Å². The fourth-order valence-corrected chi connectivity index (χ4v) is 2.93. The van der Waals surface area contributed by atoms with Gasteiger partial charge in [-0.05, 0) is 6.92 Å². The molecule has 0 spiro atoms. The number of aryl methyl sites for hydroxylation is 1. The first-order chi connectivity index (χ1) is 8.28. The molecule has 2 N–H and O–H groups in total. The Morgan fingerprint density at radius 2 is 2.35 bits per heavy atom. The molecule has 17 heavy (non-hydrogen) atoms. The number of hydrogen-bond donors (Lipinski definition) is 1. The normalized spacial score (nSPS) is 15.1. The smallest absolute Gasteiger partial charge is 0.186 e. The van der Waals surface area contributed by atoms with Gasteiger partial charge in [0, 0.05) is 24.5 Å². The average molecular weight is 250 g/mol. The molecule has 0 atom stereocenters. The lowest BCUT2D eigenvalue weighted by atomic mass is 10.4. The highest BCUT2D eigenvalue weighted by atomic mass is 32.1. The number of hydrogen-bond acceptors (Lipinski definition) is 6. The van der Waals surface area contributed by atoms with E-state index in [-0.39, 0.29) is 0 Å². The van der Waals surface area contributed by atoms with Crippen molar-refractivity contribution in [2.75, 3.05) is 11.4 Å². The molecule has 0 fully saturated rings. The SMILES string of the molecule is Cc1nc(N2CCn3cnnc3C2)sc1CN. The number of anilines is 1. The zero-order chi connectivity index (χ0) is 11.8. The van der Waals surface area contributed by atoms with Gasteiger partial charge < -0.3 is 15.2 Å². The fourth-order valence-electron chi connectivity index (χ4n) is 1.97. The molecule has 0 aromatic carbocycles. The van der Waals surface area contributed by atoms with E-state index in [4.69, 9.17) is 5.73 Å². The molecular weight excluding hydrogens is 236 g/mol. The maximum absolute atomic E-state index is 5.68. The molecule has 1 aliphatic heterocycles. The Balaban J connectivity index is 1.86. The van der Waals surface area contributed by atoms with Gasteiger partial charge in [-0.25, -0.2) is 4.98 Å². The molecule has 3 rings (SSSR count). The summed E-state index contributed by atoms with van der Waals surface area (Å²) in [5.41, 5.74) is 6.72. The number of fused-ring (bicyclic) bond motifs is 1. The van der Waals surface area contributed by atoms with Crippen LogP contribution in [0.5, 0.6) is 0 Å². The Labute approximate surface area is 103 Å². The predicted molar refractivity (Wildman–Crippen MR) is 65.8 cm³/mol. The number of aromatic nitrogens is 4. The Morgan fingerprint density at radius 1 is 1.47 bits per heavy atom. The van der Waals surface area contributed by atoms with Crippen LogP contribution in [0.1, 0.15) is 16.4 Å². The van der Waals surface area contributed by atoms with Gasteiger partial charge in [-0.1, -0.05) is 0 Å². The monoisotopic (exact) mass is 250 g/mol. The number of nitrogens with zero attached hydrogens (tertiary/aromatic N) is 5. The standard InChI is InChI=1S/C10H14N6S/c1-7-8(4-11)17-10(13-7)15-2-3-16-6-12-14-9(16)5-15/h6H,2-5,11H2,1H3. The van der Waals surface area contributed by atoms with E-state index in [1.165, 1.54) is 0 Å². The van der Waals surface area contributed by atoms with E-state index < -0.39 is 0 Å². The van der Waals surface area contributed by atoms with E-state index in [0.717, 1.165) is 41.2 Å². The van der Waals surface area contributed by atoms with Crippen LogP contribution in [-0.4, -0.2) is 26.3 Å². The van der Waals surface area contributed by atoms with Crippen molar-refractivity contribution in [2.24, 2.45) is 5.73 Å². The highest BCUT2D eigenvalue weighted by molar-refractivity contribution is 7.15. The molecule has 2 aromatic rings. The maximum atomic E-state index is 5.68. The van der Waals surface area contributed by atoms with E-state index in [1.807, 2.05) is 6.92 Å². The number of rotatable bonds is 2. The van der Waals surface area contributed by atoms with Crippen LogP contribution >= 0.6 is 11.3 Å². The zero-order valence-corrected chi connectivity index (χ0v) is 10.4. The molecule has 90 valence electrons. The molecule has 0 radical (unpaired) electrons. The first kappa shape index (κ1) is 10.7. The van der Waals surface area contributed by atoms with Crippen LogP contribution in [0.15, 0.2) is 6.33 Å². The molecule has 1 aliphatic rings. The Kier molecular flexibility index (Phi) is 2.56. The molecule has 3 heterocycles. The van der Waals surface area contributed by atoms with Crippen molar-refractivity contribution < 1.29 is 0 Å². The summed E-state index contributed by atoms with van der Waals surface area (Å²) in [5.74, 6) is 0.999. The van der Waals surface area contributed by atoms with Gasteiger partial charge in [-0.15, -0.1) is 21.5 Å². The van der Waals surface area contributed by atoms with E-state index >= 15 is 0 Å². The lowest BCUT2D eigenvalue weighted by molar-refractivity contribution is 0.559. The highest BCUT2D eigenvalue weighted by Crippen LogP contribution is 2.27. The van der Waals surface area contributed by atoms with Gasteiger partial charge in [0.25, 0.3) is 0 Å². The molecule has 0 saturated carbocycles. The predicted octanol–water partition coefficient (Wildman–Crippen LogP) is 0.522. The minimum absolute atomic E-state index is 0.563. The first-order valence-corrected chi connectivity index (χ1v) is 6.37. The first-order valence-electron chi connectivity index (χ1n) is 5.56. The molecular formula is C10H14N6S. The summed E-state index contributed by atoms with van der Waals surface area (Å²) in [5, 5.41) is 9.06. The van der Waals surface area contributed by atoms with Crippen molar-refractivity contribution in [2.45, 2.75) is 26.6 Å². The molecule has 0 unspecified atom stereocenters. The van der Waals surface area contributed by atoms with Crippen molar-refractivity contribution >= 4 is 16.5 Å². The summed E-state index contributed by atoms with van der Waals surface area (Å²) in [4.78, 5) is 7.97. The molecule has 7 heteroatoms. The van der Waals surface area contributed by atoms with Crippen LogP contribution in [0.2, 0.25) is 0 Å². The summed E-state index contributed by atoms with van der Waals surface area (Å²) < 4.78 is 2.08. The van der Waals surface area contributed by atoms with Crippen LogP contribution in [0.3, 0.4) is 0 Å². The minimum atomic E-state index is 0.563. The van der Waals surface area contributed by atoms with E-state index in [0.29, 0.717) is 6.54 Å². The van der Waals surface area contributed by atoms with E-state index in [1.54, 1.807) is 17.7 Å². The zero-order valence-electron chi connectivity index (χ0n) is 9.63. The fraction of sp³-hybridized carbons (Fsp3) is 0.500. The van der Waals surface area contributed by atoms with Crippen LogP contribution in [0.25, 0.3) is 0 Å². The summed E-state index contributed by atoms with van der Waals surface area (Å²) in [6.45, 7) is 5.21. The van der Waals surface area contributed by atoms with Crippen molar-refractivity contribution in [1.82, 2.24) is 19.7 Å². The summed E-state index contributed by atoms with van der Waals surface area (Å²) in [6, 6.07) is 0. The Hall–Kier alpha value is -1.47.